The third-order valence-corrected chi connectivity index (χ3v) is 4.70. The minimum absolute atomic E-state index is 0.0110. The van der Waals surface area contributed by atoms with Crippen molar-refractivity contribution in [3.05, 3.63) is 46.3 Å². The molecule has 0 aliphatic heterocycles. The zero-order valence-corrected chi connectivity index (χ0v) is 16.3. The van der Waals surface area contributed by atoms with Gasteiger partial charge in [0.2, 0.25) is 5.78 Å². The Morgan fingerprint density at radius 2 is 1.76 bits per heavy atom. The van der Waals surface area contributed by atoms with E-state index in [1.54, 1.807) is 12.2 Å². The van der Waals surface area contributed by atoms with Crippen molar-refractivity contribution in [2.75, 3.05) is 0 Å². The quantitative estimate of drug-likeness (QED) is 0.604. The van der Waals surface area contributed by atoms with Gasteiger partial charge in [-0.15, -0.1) is 0 Å². The number of Topliss-reactive ketones (excluding diaryl/α,β-unsaturated/α-hetero) is 1. The van der Waals surface area contributed by atoms with E-state index in [0.717, 1.165) is 11.1 Å². The number of allylic oxidation sites excluding steroid dienone is 5. The van der Waals surface area contributed by atoms with Crippen molar-refractivity contribution in [1.29, 1.82) is 0 Å². The first-order valence-electron chi connectivity index (χ1n) is 8.90. The van der Waals surface area contributed by atoms with Crippen molar-refractivity contribution >= 4 is 5.78 Å². The largest absolute Gasteiger partial charge is 0.508 e. The molecule has 25 heavy (non-hydrogen) atoms. The van der Waals surface area contributed by atoms with E-state index < -0.39 is 17.5 Å². The molecule has 140 valence electrons. The van der Waals surface area contributed by atoms with Crippen molar-refractivity contribution in [3.63, 3.8) is 0 Å². The van der Waals surface area contributed by atoms with Crippen LogP contribution in [0.25, 0.3) is 0 Å². The fourth-order valence-electron chi connectivity index (χ4n) is 2.69. The summed E-state index contributed by atoms with van der Waals surface area (Å²) in [7, 11) is 0. The summed E-state index contributed by atoms with van der Waals surface area (Å²) in [5, 5.41) is 32.2. The Kier molecular flexibility index (Phi) is 7.39. The predicted molar refractivity (Wildman–Crippen MR) is 101 cm³/mol. The van der Waals surface area contributed by atoms with Crippen LogP contribution in [0.1, 0.15) is 60.8 Å². The van der Waals surface area contributed by atoms with E-state index in [1.807, 2.05) is 47.6 Å². The fourth-order valence-corrected chi connectivity index (χ4v) is 2.69. The monoisotopic (exact) mass is 348 g/mol. The number of carbonyl (C=O) groups is 1. The Bertz CT molecular complexity index is 628. The molecule has 0 fully saturated rings. The first-order chi connectivity index (χ1) is 11.5. The molecule has 0 bridgehead atoms. The van der Waals surface area contributed by atoms with Crippen molar-refractivity contribution in [2.24, 2.45) is 5.92 Å². The minimum atomic E-state index is -2.01. The molecule has 0 amide bonds. The molecule has 0 aromatic heterocycles. The average molecular weight is 348 g/mol. The summed E-state index contributed by atoms with van der Waals surface area (Å²) in [6.07, 6.45) is 5.32. The van der Waals surface area contributed by atoms with E-state index in [9.17, 15) is 20.1 Å². The number of carbonyl (C=O) groups excluding carboxylic acids is 1. The SMILES string of the molecule is CCC(C)C(O)C1=CC(CC=C(C)C)=C(O)[C@](O)(CC=C(C)C)C1=O. The molecular formula is C21H32O4. The highest BCUT2D eigenvalue weighted by Gasteiger charge is 2.46. The number of hydrogen-bond acceptors (Lipinski definition) is 4. The number of ketones is 1. The third-order valence-electron chi connectivity index (χ3n) is 4.70. The molecule has 3 atom stereocenters. The molecule has 2 unspecified atom stereocenters. The molecule has 1 aliphatic rings. The van der Waals surface area contributed by atoms with Crippen LogP contribution in [0.5, 0.6) is 0 Å². The van der Waals surface area contributed by atoms with Gasteiger partial charge in [0.1, 0.15) is 5.76 Å². The molecule has 0 spiro atoms. The minimum Gasteiger partial charge on any atom is -0.508 e. The van der Waals surface area contributed by atoms with Crippen LogP contribution in [-0.2, 0) is 4.79 Å². The van der Waals surface area contributed by atoms with Gasteiger partial charge in [-0.05, 0) is 51.7 Å². The molecule has 0 saturated carbocycles. The first-order valence-corrected chi connectivity index (χ1v) is 8.90. The van der Waals surface area contributed by atoms with Crippen LogP contribution in [0.4, 0.5) is 0 Å². The highest BCUT2D eigenvalue weighted by Crippen LogP contribution is 2.36. The van der Waals surface area contributed by atoms with Gasteiger partial charge in [0.15, 0.2) is 5.60 Å². The second-order valence-electron chi connectivity index (χ2n) is 7.46. The Morgan fingerprint density at radius 3 is 2.24 bits per heavy atom. The van der Waals surface area contributed by atoms with E-state index in [1.165, 1.54) is 0 Å². The molecule has 0 aromatic carbocycles. The maximum absolute atomic E-state index is 12.9. The summed E-state index contributed by atoms with van der Waals surface area (Å²) in [5.41, 5.74) is 0.651. The predicted octanol–water partition coefficient (Wildman–Crippen LogP) is 4.16. The van der Waals surface area contributed by atoms with Crippen molar-refractivity contribution in [3.8, 4) is 0 Å². The van der Waals surface area contributed by atoms with Crippen LogP contribution in [0.2, 0.25) is 0 Å². The Morgan fingerprint density at radius 1 is 1.20 bits per heavy atom. The second-order valence-corrected chi connectivity index (χ2v) is 7.46. The zero-order valence-electron chi connectivity index (χ0n) is 16.3. The fraction of sp³-hybridized carbons (Fsp3) is 0.571. The smallest absolute Gasteiger partial charge is 0.201 e. The molecular weight excluding hydrogens is 316 g/mol. The van der Waals surface area contributed by atoms with Crippen LogP contribution in [0.15, 0.2) is 46.3 Å². The van der Waals surface area contributed by atoms with Crippen molar-refractivity contribution in [1.82, 2.24) is 0 Å². The summed E-state index contributed by atoms with van der Waals surface area (Å²) in [6, 6.07) is 0. The lowest BCUT2D eigenvalue weighted by molar-refractivity contribution is -0.134. The van der Waals surface area contributed by atoms with Gasteiger partial charge in [-0.25, -0.2) is 0 Å². The van der Waals surface area contributed by atoms with E-state index in [4.69, 9.17) is 0 Å². The zero-order chi connectivity index (χ0) is 19.4. The Balaban J connectivity index is 3.44. The molecule has 0 aromatic rings. The highest BCUT2D eigenvalue weighted by molar-refractivity contribution is 6.06. The van der Waals surface area contributed by atoms with E-state index in [-0.39, 0.29) is 23.7 Å². The Labute approximate surface area is 151 Å². The normalized spacial score (nSPS) is 23.0. The van der Waals surface area contributed by atoms with Gasteiger partial charge >= 0.3 is 0 Å². The lowest BCUT2D eigenvalue weighted by Crippen LogP contribution is -2.47. The standard InChI is InChI=1S/C21H32O4/c1-7-15(6)18(22)17-12-16(9-8-13(2)3)19(23)21(25,20(17)24)11-10-14(4)5/h8,10,12,15,18,22-23,25H,7,9,11H2,1-6H3/t15?,18?,21-/m1/s1. The summed E-state index contributed by atoms with van der Waals surface area (Å²) >= 11 is 0. The van der Waals surface area contributed by atoms with Gasteiger partial charge in [-0.2, -0.15) is 0 Å². The van der Waals surface area contributed by atoms with Gasteiger partial charge in [0.25, 0.3) is 0 Å². The van der Waals surface area contributed by atoms with Gasteiger partial charge in [0, 0.05) is 12.0 Å². The van der Waals surface area contributed by atoms with Gasteiger partial charge in [0.05, 0.1) is 6.10 Å². The second kappa shape index (κ2) is 8.63. The lowest BCUT2D eigenvalue weighted by atomic mass is 9.76. The third kappa shape index (κ3) is 4.93. The van der Waals surface area contributed by atoms with E-state index in [0.29, 0.717) is 18.4 Å². The van der Waals surface area contributed by atoms with E-state index in [2.05, 4.69) is 0 Å². The average Bonchev–Trinajstić information content (AvgIpc) is 2.56. The molecule has 0 saturated heterocycles. The van der Waals surface area contributed by atoms with Crippen LogP contribution >= 0.6 is 0 Å². The lowest BCUT2D eigenvalue weighted by Gasteiger charge is -2.33. The van der Waals surface area contributed by atoms with E-state index >= 15 is 0 Å². The van der Waals surface area contributed by atoms with Crippen LogP contribution < -0.4 is 0 Å². The highest BCUT2D eigenvalue weighted by atomic mass is 16.3. The maximum Gasteiger partial charge on any atom is 0.201 e. The van der Waals surface area contributed by atoms with Gasteiger partial charge < -0.3 is 15.3 Å². The number of rotatable bonds is 7. The van der Waals surface area contributed by atoms with Gasteiger partial charge in [-0.1, -0.05) is 43.6 Å². The summed E-state index contributed by atoms with van der Waals surface area (Å²) in [5.74, 6) is -1.04. The Hall–Kier alpha value is -1.65. The van der Waals surface area contributed by atoms with Crippen LogP contribution in [0, 0.1) is 5.92 Å². The molecule has 4 nitrogen and oxygen atoms in total. The molecule has 3 N–H and O–H groups in total. The molecule has 0 heterocycles. The van der Waals surface area contributed by atoms with Crippen molar-refractivity contribution < 1.29 is 20.1 Å². The van der Waals surface area contributed by atoms with Crippen molar-refractivity contribution in [2.45, 2.75) is 72.5 Å². The molecule has 4 heteroatoms. The number of aliphatic hydroxyl groups excluding tert-OH is 2. The number of hydrogen-bond donors (Lipinski definition) is 3. The van der Waals surface area contributed by atoms with Crippen LogP contribution in [-0.4, -0.2) is 32.8 Å². The molecule has 1 aliphatic carbocycles. The van der Waals surface area contributed by atoms with Crippen LogP contribution in [0.3, 0.4) is 0 Å². The number of aliphatic hydroxyl groups is 3. The molecule has 1 rings (SSSR count). The summed E-state index contributed by atoms with van der Waals surface area (Å²) < 4.78 is 0. The topological polar surface area (TPSA) is 77.8 Å². The maximum atomic E-state index is 12.9. The van der Waals surface area contributed by atoms with Gasteiger partial charge in [-0.3, -0.25) is 4.79 Å². The summed E-state index contributed by atoms with van der Waals surface area (Å²) in [6.45, 7) is 11.4. The first kappa shape index (κ1) is 21.4. The molecule has 0 radical (unpaired) electrons. The summed E-state index contributed by atoms with van der Waals surface area (Å²) in [4.78, 5) is 12.9.